The number of aromatic hydroxyl groups is 1. The number of para-hydroxylation sites is 3. The molecule has 1 amide bonds. The zero-order valence-corrected chi connectivity index (χ0v) is 21.4. The average Bonchev–Trinajstić information content (AvgIpc) is 2.97. The van der Waals surface area contributed by atoms with E-state index in [1.165, 1.54) is 0 Å². The van der Waals surface area contributed by atoms with Gasteiger partial charge in [-0.2, -0.15) is 0 Å². The fourth-order valence-electron chi connectivity index (χ4n) is 4.87. The average molecular weight is 514 g/mol. The summed E-state index contributed by atoms with van der Waals surface area (Å²) in [6.07, 6.45) is 0.797. The van der Waals surface area contributed by atoms with Gasteiger partial charge in [0.05, 0.1) is 23.7 Å². The third-order valence-electron chi connectivity index (χ3n) is 6.91. The Morgan fingerprint density at radius 2 is 1.71 bits per heavy atom. The zero-order valence-electron chi connectivity index (χ0n) is 21.4. The van der Waals surface area contributed by atoms with Crippen molar-refractivity contribution in [2.75, 3.05) is 51.3 Å². The van der Waals surface area contributed by atoms with Crippen molar-refractivity contribution in [1.82, 2.24) is 10.2 Å². The number of rotatable bonds is 8. The van der Waals surface area contributed by atoms with Crippen LogP contribution in [0.1, 0.15) is 16.8 Å². The Hall–Kier alpha value is -4.30. The highest BCUT2D eigenvalue weighted by Crippen LogP contribution is 2.31. The number of ether oxygens (including phenoxy) is 1. The molecule has 1 aromatic heterocycles. The highest BCUT2D eigenvalue weighted by molar-refractivity contribution is 6.05. The van der Waals surface area contributed by atoms with E-state index < -0.39 is 11.2 Å². The minimum absolute atomic E-state index is 0.0515. The van der Waals surface area contributed by atoms with Gasteiger partial charge in [0.25, 0.3) is 5.91 Å². The predicted octanol–water partition coefficient (Wildman–Crippen LogP) is 4.12. The van der Waals surface area contributed by atoms with Crippen molar-refractivity contribution in [3.05, 3.63) is 88.6 Å². The van der Waals surface area contributed by atoms with Crippen molar-refractivity contribution < 1.29 is 19.1 Å². The number of amides is 1. The maximum atomic E-state index is 13.0. The highest BCUT2D eigenvalue weighted by Gasteiger charge is 2.21. The fraction of sp³-hybridized carbons (Fsp3) is 0.267. The summed E-state index contributed by atoms with van der Waals surface area (Å²) in [5.74, 6) is 0.158. The molecule has 0 aliphatic carbocycles. The van der Waals surface area contributed by atoms with Gasteiger partial charge < -0.3 is 24.5 Å². The first-order valence-corrected chi connectivity index (χ1v) is 12.8. The van der Waals surface area contributed by atoms with Crippen LogP contribution in [0.3, 0.4) is 0 Å². The molecule has 0 unspecified atom stereocenters. The predicted molar refractivity (Wildman–Crippen MR) is 148 cm³/mol. The number of nitrogens with one attached hydrogen (secondary N) is 1. The van der Waals surface area contributed by atoms with Crippen molar-refractivity contribution >= 4 is 22.6 Å². The summed E-state index contributed by atoms with van der Waals surface area (Å²) in [7, 11) is 1.70. The van der Waals surface area contributed by atoms with Crippen LogP contribution in [0.15, 0.2) is 82.0 Å². The molecule has 1 saturated heterocycles. The van der Waals surface area contributed by atoms with Crippen molar-refractivity contribution in [2.45, 2.75) is 6.42 Å². The van der Waals surface area contributed by atoms with Crippen LogP contribution in [0.25, 0.3) is 22.3 Å². The maximum absolute atomic E-state index is 13.0. The molecule has 3 aromatic carbocycles. The van der Waals surface area contributed by atoms with Gasteiger partial charge in [-0.3, -0.25) is 14.5 Å². The molecule has 8 nitrogen and oxygen atoms in total. The van der Waals surface area contributed by atoms with E-state index in [0.717, 1.165) is 50.6 Å². The zero-order chi connectivity index (χ0) is 26.5. The van der Waals surface area contributed by atoms with Crippen LogP contribution in [-0.2, 0) is 0 Å². The number of piperazine rings is 1. The lowest BCUT2D eigenvalue weighted by Crippen LogP contribution is -2.47. The first kappa shape index (κ1) is 25.4. The standard InChI is InChI=1S/C30H31N3O5/c1-37-25-14-6-5-13-24(25)33-19-17-32(18-20-33)16-8-15-31-30(36)23-12-7-11-22-26(34)27(35)28(38-29(22)23)21-9-3-2-4-10-21/h2-7,9-14,35H,8,15-20H2,1H3,(H,31,36). The summed E-state index contributed by atoms with van der Waals surface area (Å²) >= 11 is 0. The van der Waals surface area contributed by atoms with E-state index in [0.29, 0.717) is 12.1 Å². The minimum atomic E-state index is -0.563. The number of fused-ring (bicyclic) bond motifs is 1. The van der Waals surface area contributed by atoms with Crippen LogP contribution in [0.5, 0.6) is 11.5 Å². The Morgan fingerprint density at radius 3 is 2.47 bits per heavy atom. The molecule has 38 heavy (non-hydrogen) atoms. The first-order chi connectivity index (χ1) is 18.6. The molecule has 0 bridgehead atoms. The van der Waals surface area contributed by atoms with Gasteiger partial charge in [-0.05, 0) is 37.2 Å². The number of methoxy groups -OCH3 is 1. The third kappa shape index (κ3) is 5.21. The topological polar surface area (TPSA) is 95.2 Å². The Labute approximate surface area is 221 Å². The molecule has 5 rings (SSSR count). The molecular weight excluding hydrogens is 482 g/mol. The van der Waals surface area contributed by atoms with Gasteiger partial charge in [0.1, 0.15) is 5.75 Å². The number of hydrogen-bond acceptors (Lipinski definition) is 7. The summed E-state index contributed by atoms with van der Waals surface area (Å²) in [6.45, 7) is 5.07. The molecule has 0 saturated carbocycles. The lowest BCUT2D eigenvalue weighted by Gasteiger charge is -2.36. The Bertz CT molecular complexity index is 1480. The van der Waals surface area contributed by atoms with Crippen LogP contribution in [-0.4, -0.2) is 62.3 Å². The summed E-state index contributed by atoms with van der Waals surface area (Å²) < 4.78 is 11.4. The summed E-state index contributed by atoms with van der Waals surface area (Å²) in [5.41, 5.74) is 1.55. The van der Waals surface area contributed by atoms with E-state index in [4.69, 9.17) is 9.15 Å². The fourth-order valence-corrected chi connectivity index (χ4v) is 4.87. The normalized spacial score (nSPS) is 14.0. The van der Waals surface area contributed by atoms with Gasteiger partial charge in [-0.15, -0.1) is 0 Å². The van der Waals surface area contributed by atoms with E-state index >= 15 is 0 Å². The van der Waals surface area contributed by atoms with Crippen molar-refractivity contribution in [3.8, 4) is 22.8 Å². The van der Waals surface area contributed by atoms with E-state index in [9.17, 15) is 14.7 Å². The monoisotopic (exact) mass is 513 g/mol. The third-order valence-corrected chi connectivity index (χ3v) is 6.91. The van der Waals surface area contributed by atoms with Gasteiger partial charge in [-0.1, -0.05) is 48.5 Å². The SMILES string of the molecule is COc1ccccc1N1CCN(CCCNC(=O)c2cccc3c(=O)c(O)c(-c4ccccc4)oc23)CC1. The lowest BCUT2D eigenvalue weighted by molar-refractivity contribution is 0.0952. The van der Waals surface area contributed by atoms with E-state index in [1.807, 2.05) is 24.3 Å². The van der Waals surface area contributed by atoms with Crippen molar-refractivity contribution in [3.63, 3.8) is 0 Å². The number of anilines is 1. The molecule has 1 aliphatic rings. The quantitative estimate of drug-likeness (QED) is 0.342. The molecule has 0 spiro atoms. The molecule has 4 aromatic rings. The second-order valence-electron chi connectivity index (χ2n) is 9.27. The second-order valence-corrected chi connectivity index (χ2v) is 9.27. The van der Waals surface area contributed by atoms with Gasteiger partial charge in [0.15, 0.2) is 11.3 Å². The Balaban J connectivity index is 1.19. The molecule has 2 heterocycles. The van der Waals surface area contributed by atoms with Crippen LogP contribution in [0, 0.1) is 0 Å². The summed E-state index contributed by atoms with van der Waals surface area (Å²) in [6, 6.07) is 21.8. The summed E-state index contributed by atoms with van der Waals surface area (Å²) in [5, 5.41) is 13.6. The smallest absolute Gasteiger partial charge is 0.255 e. The molecule has 1 fully saturated rings. The molecule has 0 radical (unpaired) electrons. The first-order valence-electron chi connectivity index (χ1n) is 12.8. The van der Waals surface area contributed by atoms with E-state index in [2.05, 4.69) is 21.2 Å². The molecule has 2 N–H and O–H groups in total. The van der Waals surface area contributed by atoms with Gasteiger partial charge in [0.2, 0.25) is 11.2 Å². The van der Waals surface area contributed by atoms with Crippen LogP contribution < -0.4 is 20.4 Å². The lowest BCUT2D eigenvalue weighted by atomic mass is 10.1. The highest BCUT2D eigenvalue weighted by atomic mass is 16.5. The Kier molecular flexibility index (Phi) is 7.60. The van der Waals surface area contributed by atoms with E-state index in [-0.39, 0.29) is 28.2 Å². The summed E-state index contributed by atoms with van der Waals surface area (Å²) in [4.78, 5) is 30.6. The molecule has 1 aliphatic heterocycles. The largest absolute Gasteiger partial charge is 0.502 e. The van der Waals surface area contributed by atoms with Gasteiger partial charge in [0, 0.05) is 38.3 Å². The van der Waals surface area contributed by atoms with Gasteiger partial charge in [-0.25, -0.2) is 0 Å². The Morgan fingerprint density at radius 1 is 0.974 bits per heavy atom. The second kappa shape index (κ2) is 11.4. The molecular formula is C30H31N3O5. The van der Waals surface area contributed by atoms with Crippen molar-refractivity contribution in [1.29, 1.82) is 0 Å². The number of carbonyl (C=O) groups is 1. The molecule has 8 heteroatoms. The number of carbonyl (C=O) groups excluding carboxylic acids is 1. The van der Waals surface area contributed by atoms with E-state index in [1.54, 1.807) is 49.6 Å². The van der Waals surface area contributed by atoms with Crippen LogP contribution >= 0.6 is 0 Å². The maximum Gasteiger partial charge on any atom is 0.255 e. The number of nitrogens with zero attached hydrogens (tertiary/aromatic N) is 2. The molecule has 0 atom stereocenters. The number of benzene rings is 3. The number of hydrogen-bond donors (Lipinski definition) is 2. The van der Waals surface area contributed by atoms with Crippen LogP contribution in [0.4, 0.5) is 5.69 Å². The molecule has 196 valence electrons. The van der Waals surface area contributed by atoms with Crippen molar-refractivity contribution in [2.24, 2.45) is 0 Å². The van der Waals surface area contributed by atoms with Gasteiger partial charge >= 0.3 is 0 Å². The van der Waals surface area contributed by atoms with Crippen LogP contribution in [0.2, 0.25) is 0 Å². The minimum Gasteiger partial charge on any atom is -0.502 e.